The van der Waals surface area contributed by atoms with Gasteiger partial charge in [-0.1, -0.05) is 144 Å². The minimum absolute atomic E-state index is 0.0133. The molecule has 59 heavy (non-hydrogen) atoms. The van der Waals surface area contributed by atoms with E-state index in [2.05, 4.69) is 103 Å². The second-order valence-electron chi connectivity index (χ2n) is 14.6. The summed E-state index contributed by atoms with van der Waals surface area (Å²) in [5.41, 5.74) is 0. The largest absolute Gasteiger partial charge is 0.457 e. The van der Waals surface area contributed by atoms with E-state index in [1.165, 1.54) is 0 Å². The molecule has 0 bridgehead atoms. The first-order chi connectivity index (χ1) is 28.6. The van der Waals surface area contributed by atoms with Crippen molar-refractivity contribution >= 4 is 16.4 Å². The zero-order valence-electron chi connectivity index (χ0n) is 35.8. The number of rotatable bonds is 36. The predicted octanol–water partition coefficient (Wildman–Crippen LogP) is 8.90. The van der Waals surface area contributed by atoms with Crippen LogP contribution in [-0.2, 0) is 38.3 Å². The average molecular weight is 853 g/mol. The maximum Gasteiger partial charge on any atom is 0.397 e. The van der Waals surface area contributed by atoms with E-state index in [9.17, 15) is 28.5 Å². The Morgan fingerprint density at radius 1 is 0.661 bits per heavy atom. The Balaban J connectivity index is 2.33. The summed E-state index contributed by atoms with van der Waals surface area (Å²) < 4.78 is 58.7. The van der Waals surface area contributed by atoms with Crippen molar-refractivity contribution in [2.45, 2.75) is 173 Å². The van der Waals surface area contributed by atoms with Crippen LogP contribution in [0.3, 0.4) is 0 Å². The molecule has 0 aromatic rings. The Bertz CT molecular complexity index is 1350. The highest BCUT2D eigenvalue weighted by molar-refractivity contribution is 7.80. The predicted molar refractivity (Wildman–Crippen MR) is 234 cm³/mol. The van der Waals surface area contributed by atoms with Crippen molar-refractivity contribution < 1.29 is 56.2 Å². The first-order valence-electron chi connectivity index (χ1n) is 21.8. The smallest absolute Gasteiger partial charge is 0.397 e. The highest BCUT2D eigenvalue weighted by atomic mass is 32.3. The molecule has 338 valence electrons. The molecule has 6 unspecified atom stereocenters. The molecular formula is C46H76O12S. The van der Waals surface area contributed by atoms with Gasteiger partial charge in [0, 0.05) is 13.0 Å². The molecule has 0 aliphatic carbocycles. The summed E-state index contributed by atoms with van der Waals surface area (Å²) in [5, 5.41) is 30.5. The minimum Gasteiger partial charge on any atom is -0.457 e. The lowest BCUT2D eigenvalue weighted by Crippen LogP contribution is -2.60. The van der Waals surface area contributed by atoms with E-state index in [4.69, 9.17) is 23.5 Å². The molecule has 0 amide bonds. The summed E-state index contributed by atoms with van der Waals surface area (Å²) in [6.07, 6.45) is 39.5. The number of carbonyl (C=O) groups is 1. The van der Waals surface area contributed by atoms with Crippen LogP contribution >= 0.6 is 0 Å². The molecule has 1 saturated heterocycles. The lowest BCUT2D eigenvalue weighted by atomic mass is 9.99. The number of allylic oxidation sites excluding steroid dienone is 14. The third-order valence-electron chi connectivity index (χ3n) is 9.28. The normalized spacial score (nSPS) is 21.2. The lowest BCUT2D eigenvalue weighted by Gasteiger charge is -2.41. The van der Waals surface area contributed by atoms with E-state index in [1.54, 1.807) is 0 Å². The van der Waals surface area contributed by atoms with Crippen molar-refractivity contribution in [1.29, 1.82) is 0 Å². The van der Waals surface area contributed by atoms with Crippen LogP contribution in [0.4, 0.5) is 0 Å². The molecule has 1 fully saturated rings. The standard InChI is InChI=1S/C46H76O12S/c1-3-5-7-9-11-12-13-14-15-16-17-18-19-20-21-22-23-24-25-26-27-28-29-30-32-34-36-54-38-40(56-42(48)35-33-31-10-8-6-4-2)39-55-46-44(50)45(58-59(51,52)53)43(49)41(37-47)57-46/h5,7,11-12,14-15,17-18,20-21,23-24,26-27,40-41,43-47,49-50H,3-4,6,8-10,13,16,19,22,25,28-39H2,1-2H3,(H,51,52,53)/b7-5-,12-11-,15-14-,18-17-,21-20-,24-23-,27-26-. The summed E-state index contributed by atoms with van der Waals surface area (Å²) in [5.74, 6) is -0.423. The van der Waals surface area contributed by atoms with Crippen LogP contribution in [0.1, 0.15) is 136 Å². The molecule has 1 aliphatic rings. The third kappa shape index (κ3) is 30.9. The highest BCUT2D eigenvalue weighted by Crippen LogP contribution is 2.26. The fourth-order valence-corrected chi connectivity index (χ4v) is 6.51. The van der Waals surface area contributed by atoms with Crippen LogP contribution in [0, 0.1) is 0 Å². The molecule has 0 aromatic heterocycles. The quantitative estimate of drug-likeness (QED) is 0.0204. The summed E-state index contributed by atoms with van der Waals surface area (Å²) in [6.45, 7) is 3.70. The van der Waals surface area contributed by atoms with Crippen LogP contribution in [0.5, 0.6) is 0 Å². The van der Waals surface area contributed by atoms with Gasteiger partial charge < -0.3 is 34.3 Å². The van der Waals surface area contributed by atoms with Gasteiger partial charge in [0.2, 0.25) is 0 Å². The molecule has 0 radical (unpaired) electrons. The molecule has 1 heterocycles. The zero-order valence-corrected chi connectivity index (χ0v) is 36.6. The molecule has 12 nitrogen and oxygen atoms in total. The second-order valence-corrected chi connectivity index (χ2v) is 15.6. The lowest BCUT2D eigenvalue weighted by molar-refractivity contribution is -0.301. The monoisotopic (exact) mass is 853 g/mol. The van der Waals surface area contributed by atoms with Gasteiger partial charge in [-0.25, -0.2) is 4.18 Å². The summed E-state index contributed by atoms with van der Waals surface area (Å²) in [4.78, 5) is 12.7. The van der Waals surface area contributed by atoms with Crippen molar-refractivity contribution in [3.8, 4) is 0 Å². The number of unbranched alkanes of at least 4 members (excludes halogenated alkanes) is 9. The molecular weight excluding hydrogens is 777 g/mol. The minimum atomic E-state index is -5.06. The van der Waals surface area contributed by atoms with Crippen LogP contribution in [0.15, 0.2) is 85.1 Å². The number of hydrogen-bond donors (Lipinski definition) is 4. The summed E-state index contributed by atoms with van der Waals surface area (Å²) >= 11 is 0. The van der Waals surface area contributed by atoms with Crippen LogP contribution in [0.2, 0.25) is 0 Å². The van der Waals surface area contributed by atoms with E-state index < -0.39 is 59.8 Å². The van der Waals surface area contributed by atoms with Crippen molar-refractivity contribution in [3.63, 3.8) is 0 Å². The molecule has 1 aliphatic heterocycles. The number of aliphatic hydroxyl groups excluding tert-OH is 3. The maximum absolute atomic E-state index is 12.7. The second kappa shape index (κ2) is 37.1. The van der Waals surface area contributed by atoms with Gasteiger partial charge in [-0.05, 0) is 70.6 Å². The SMILES string of the molecule is CC/C=C\C/C=C\C/C=C\C/C=C\C/C=C\C/C=C\C/C=C\CCCCCCOCC(COC1OC(CO)C(O)C(OS(=O)(=O)O)C1O)OC(=O)CCCCCCCC. The van der Waals surface area contributed by atoms with E-state index in [0.717, 1.165) is 109 Å². The van der Waals surface area contributed by atoms with Gasteiger partial charge in [0.15, 0.2) is 6.29 Å². The van der Waals surface area contributed by atoms with Gasteiger partial charge >= 0.3 is 16.4 Å². The van der Waals surface area contributed by atoms with Crippen LogP contribution < -0.4 is 0 Å². The summed E-state index contributed by atoms with van der Waals surface area (Å²) in [7, 11) is -5.06. The Morgan fingerprint density at radius 2 is 1.17 bits per heavy atom. The van der Waals surface area contributed by atoms with Crippen LogP contribution in [-0.4, -0.2) is 97.5 Å². The number of carbonyl (C=O) groups excluding carboxylic acids is 1. The van der Waals surface area contributed by atoms with Gasteiger partial charge in [-0.15, -0.1) is 0 Å². The topological polar surface area (TPSA) is 178 Å². The van der Waals surface area contributed by atoms with Gasteiger partial charge in [-0.3, -0.25) is 9.35 Å². The molecule has 6 atom stereocenters. The Morgan fingerprint density at radius 3 is 1.71 bits per heavy atom. The van der Waals surface area contributed by atoms with E-state index in [-0.39, 0.29) is 19.6 Å². The molecule has 13 heteroatoms. The third-order valence-corrected chi connectivity index (χ3v) is 9.75. The Labute approximate surface area is 355 Å². The number of ether oxygens (including phenoxy) is 4. The van der Waals surface area contributed by atoms with E-state index in [0.29, 0.717) is 13.0 Å². The fraction of sp³-hybridized carbons (Fsp3) is 0.674. The van der Waals surface area contributed by atoms with E-state index >= 15 is 0 Å². The van der Waals surface area contributed by atoms with Crippen molar-refractivity contribution in [3.05, 3.63) is 85.1 Å². The first kappa shape index (κ1) is 54.3. The summed E-state index contributed by atoms with van der Waals surface area (Å²) in [6, 6.07) is 0. The maximum atomic E-state index is 12.7. The average Bonchev–Trinajstić information content (AvgIpc) is 3.21. The van der Waals surface area contributed by atoms with Crippen molar-refractivity contribution in [1.82, 2.24) is 0 Å². The van der Waals surface area contributed by atoms with Crippen molar-refractivity contribution in [2.24, 2.45) is 0 Å². The molecule has 1 rings (SSSR count). The molecule has 0 spiro atoms. The molecule has 4 N–H and O–H groups in total. The number of hydrogen-bond acceptors (Lipinski definition) is 11. The Kier molecular flexibility index (Phi) is 34.1. The zero-order chi connectivity index (χ0) is 43.2. The first-order valence-corrected chi connectivity index (χ1v) is 23.2. The fourth-order valence-electron chi connectivity index (χ4n) is 6.00. The molecule has 0 aromatic carbocycles. The highest BCUT2D eigenvalue weighted by Gasteiger charge is 2.48. The Hall–Kier alpha value is -2.72. The number of aliphatic hydroxyl groups is 3. The number of esters is 1. The van der Waals surface area contributed by atoms with Gasteiger partial charge in [-0.2, -0.15) is 8.42 Å². The van der Waals surface area contributed by atoms with E-state index in [1.807, 2.05) is 0 Å². The molecule has 0 saturated carbocycles. The van der Waals surface area contributed by atoms with Gasteiger partial charge in [0.05, 0.1) is 19.8 Å². The van der Waals surface area contributed by atoms with Gasteiger partial charge in [0.25, 0.3) is 0 Å². The van der Waals surface area contributed by atoms with Crippen molar-refractivity contribution in [2.75, 3.05) is 26.4 Å². The van der Waals surface area contributed by atoms with Gasteiger partial charge in [0.1, 0.15) is 30.5 Å². The van der Waals surface area contributed by atoms with Crippen LogP contribution in [0.25, 0.3) is 0 Å².